The summed E-state index contributed by atoms with van der Waals surface area (Å²) in [6, 6.07) is 2.02. The largest absolute Gasteiger partial charge is 0.501 e. The van der Waals surface area contributed by atoms with Gasteiger partial charge in [-0.15, -0.1) is 0 Å². The molecule has 0 aliphatic carbocycles. The fourth-order valence-corrected chi connectivity index (χ4v) is 1.68. The molecule has 0 amide bonds. The van der Waals surface area contributed by atoms with E-state index in [1.54, 1.807) is 0 Å². The van der Waals surface area contributed by atoms with Crippen LogP contribution in [0.5, 0.6) is 5.75 Å². The summed E-state index contributed by atoms with van der Waals surface area (Å²) in [6.07, 6.45) is 0. The minimum absolute atomic E-state index is 0.102. The summed E-state index contributed by atoms with van der Waals surface area (Å²) >= 11 is 0. The van der Waals surface area contributed by atoms with Gasteiger partial charge in [0.25, 0.3) is 10.1 Å². The Labute approximate surface area is 84.9 Å². The zero-order valence-electron chi connectivity index (χ0n) is 7.54. The molecule has 0 unspecified atom stereocenters. The van der Waals surface area contributed by atoms with Gasteiger partial charge in [0, 0.05) is 5.56 Å². The van der Waals surface area contributed by atoms with E-state index in [0.29, 0.717) is 0 Å². The van der Waals surface area contributed by atoms with Gasteiger partial charge >= 0.3 is 5.69 Å². The van der Waals surface area contributed by atoms with Crippen molar-refractivity contribution in [2.24, 2.45) is 0 Å². The number of nitro benzene ring substituents is 1. The smallest absolute Gasteiger partial charge is 0.315 e. The second-order valence-electron chi connectivity index (χ2n) is 2.81. The van der Waals surface area contributed by atoms with Crippen LogP contribution in [0.4, 0.5) is 5.69 Å². The van der Waals surface area contributed by atoms with Crippen molar-refractivity contribution in [1.29, 1.82) is 0 Å². The van der Waals surface area contributed by atoms with Crippen LogP contribution < -0.4 is 0 Å². The molecule has 7 nitrogen and oxygen atoms in total. The van der Waals surface area contributed by atoms with E-state index < -0.39 is 31.4 Å². The van der Waals surface area contributed by atoms with Gasteiger partial charge in [0.15, 0.2) is 0 Å². The van der Waals surface area contributed by atoms with Crippen LogP contribution in [0.3, 0.4) is 0 Å². The van der Waals surface area contributed by atoms with E-state index in [2.05, 4.69) is 0 Å². The van der Waals surface area contributed by atoms with E-state index in [0.717, 1.165) is 12.1 Å². The van der Waals surface area contributed by atoms with E-state index in [9.17, 15) is 23.6 Å². The summed E-state index contributed by atoms with van der Waals surface area (Å²) in [7, 11) is -4.66. The molecule has 0 saturated heterocycles. The molecule has 0 aromatic heterocycles. The third kappa shape index (κ3) is 2.05. The van der Waals surface area contributed by atoms with Crippen LogP contribution in [0.25, 0.3) is 0 Å². The summed E-state index contributed by atoms with van der Waals surface area (Å²) < 4.78 is 30.1. The van der Waals surface area contributed by atoms with E-state index in [-0.39, 0.29) is 5.56 Å². The number of hydrogen-bond acceptors (Lipinski definition) is 5. The van der Waals surface area contributed by atoms with Gasteiger partial charge in [-0.05, 0) is 13.0 Å². The van der Waals surface area contributed by atoms with Gasteiger partial charge in [-0.25, -0.2) is 0 Å². The van der Waals surface area contributed by atoms with Gasteiger partial charge in [0.1, 0.15) is 4.90 Å². The second-order valence-corrected chi connectivity index (χ2v) is 4.20. The van der Waals surface area contributed by atoms with Crippen LogP contribution in [-0.4, -0.2) is 23.0 Å². The number of phenolic OH excluding ortho intramolecular Hbond substituents is 1. The average Bonchev–Trinajstić information content (AvgIpc) is 2.00. The van der Waals surface area contributed by atoms with E-state index >= 15 is 0 Å². The number of aromatic hydroxyl groups is 1. The average molecular weight is 233 g/mol. The molecule has 1 rings (SSSR count). The molecule has 0 fully saturated rings. The molecule has 0 heterocycles. The van der Waals surface area contributed by atoms with Crippen molar-refractivity contribution < 1.29 is 23.0 Å². The van der Waals surface area contributed by atoms with Gasteiger partial charge in [-0.3, -0.25) is 14.7 Å². The first-order valence-corrected chi connectivity index (χ1v) is 5.13. The molecule has 82 valence electrons. The van der Waals surface area contributed by atoms with Crippen molar-refractivity contribution in [3.63, 3.8) is 0 Å². The maximum atomic E-state index is 10.7. The lowest BCUT2D eigenvalue weighted by molar-refractivity contribution is -0.386. The number of benzene rings is 1. The summed E-state index contributed by atoms with van der Waals surface area (Å²) in [4.78, 5) is 8.70. The van der Waals surface area contributed by atoms with Gasteiger partial charge in [0.05, 0.1) is 4.92 Å². The predicted octanol–water partition coefficient (Wildman–Crippen LogP) is 0.856. The third-order valence-corrected chi connectivity index (χ3v) is 2.66. The number of aryl methyl sites for hydroxylation is 1. The van der Waals surface area contributed by atoms with Gasteiger partial charge in [-0.2, -0.15) is 8.42 Å². The van der Waals surface area contributed by atoms with Crippen molar-refractivity contribution in [3.8, 4) is 5.75 Å². The van der Waals surface area contributed by atoms with Crippen LogP contribution in [0, 0.1) is 17.0 Å². The predicted molar refractivity (Wildman–Crippen MR) is 49.3 cm³/mol. The van der Waals surface area contributed by atoms with Crippen LogP contribution in [0.1, 0.15) is 5.56 Å². The molecule has 0 aliphatic rings. The minimum Gasteiger partial charge on any atom is -0.501 e. The Morgan fingerprint density at radius 1 is 1.40 bits per heavy atom. The number of phenols is 1. The molecule has 15 heavy (non-hydrogen) atoms. The van der Waals surface area contributed by atoms with E-state index in [1.807, 2.05) is 0 Å². The lowest BCUT2D eigenvalue weighted by Gasteiger charge is -2.03. The van der Waals surface area contributed by atoms with Crippen molar-refractivity contribution in [2.45, 2.75) is 11.8 Å². The molecule has 0 saturated carbocycles. The molecule has 0 aliphatic heterocycles. The molecule has 2 N–H and O–H groups in total. The number of nitro groups is 1. The monoisotopic (exact) mass is 233 g/mol. The first-order chi connectivity index (χ1) is 6.75. The van der Waals surface area contributed by atoms with E-state index in [4.69, 9.17) is 4.55 Å². The maximum absolute atomic E-state index is 10.7. The fourth-order valence-electron chi connectivity index (χ4n) is 1.10. The van der Waals surface area contributed by atoms with Crippen LogP contribution in [-0.2, 0) is 10.1 Å². The molecule has 0 radical (unpaired) electrons. The molecule has 1 aromatic rings. The fraction of sp³-hybridized carbons (Fsp3) is 0.143. The molecule has 0 bridgehead atoms. The minimum atomic E-state index is -4.66. The zero-order valence-corrected chi connectivity index (χ0v) is 8.35. The quantitative estimate of drug-likeness (QED) is 0.444. The lowest BCUT2D eigenvalue weighted by Crippen LogP contribution is -2.01. The molecule has 0 spiro atoms. The topological polar surface area (TPSA) is 118 Å². The normalized spacial score (nSPS) is 11.3. The molecule has 0 atom stereocenters. The zero-order chi connectivity index (χ0) is 11.8. The lowest BCUT2D eigenvalue weighted by atomic mass is 10.2. The Balaban J connectivity index is 3.64. The summed E-state index contributed by atoms with van der Waals surface area (Å²) in [5.74, 6) is -1.05. The highest BCUT2D eigenvalue weighted by Gasteiger charge is 2.26. The third-order valence-electron chi connectivity index (χ3n) is 1.78. The highest BCUT2D eigenvalue weighted by molar-refractivity contribution is 7.86. The highest BCUT2D eigenvalue weighted by Crippen LogP contribution is 2.35. The van der Waals surface area contributed by atoms with Gasteiger partial charge in [0.2, 0.25) is 5.75 Å². The Kier molecular flexibility index (Phi) is 2.65. The summed E-state index contributed by atoms with van der Waals surface area (Å²) in [6.45, 7) is 1.34. The SMILES string of the molecule is Cc1ccc(S(=O)(=O)O)c(O)c1[N+](=O)[O-]. The Hall–Kier alpha value is -1.67. The highest BCUT2D eigenvalue weighted by atomic mass is 32.2. The van der Waals surface area contributed by atoms with Gasteiger partial charge < -0.3 is 5.11 Å². The Morgan fingerprint density at radius 3 is 2.33 bits per heavy atom. The van der Waals surface area contributed by atoms with Gasteiger partial charge in [-0.1, -0.05) is 6.07 Å². The number of nitrogens with zero attached hydrogens (tertiary/aromatic N) is 1. The van der Waals surface area contributed by atoms with E-state index in [1.165, 1.54) is 6.92 Å². The van der Waals surface area contributed by atoms with Crippen LogP contribution >= 0.6 is 0 Å². The van der Waals surface area contributed by atoms with Crippen molar-refractivity contribution in [2.75, 3.05) is 0 Å². The molecule has 1 aromatic carbocycles. The summed E-state index contributed by atoms with van der Waals surface area (Å²) in [5.41, 5.74) is -0.630. The molecule has 8 heteroatoms. The van der Waals surface area contributed by atoms with Crippen molar-refractivity contribution in [3.05, 3.63) is 27.8 Å². The first-order valence-electron chi connectivity index (χ1n) is 3.69. The van der Waals surface area contributed by atoms with Crippen molar-refractivity contribution >= 4 is 15.8 Å². The van der Waals surface area contributed by atoms with Crippen molar-refractivity contribution in [1.82, 2.24) is 0 Å². The Morgan fingerprint density at radius 2 is 1.93 bits per heavy atom. The maximum Gasteiger partial charge on any atom is 0.315 e. The second kappa shape index (κ2) is 3.48. The summed E-state index contributed by atoms with van der Waals surface area (Å²) in [5, 5.41) is 19.8. The molecular formula is C7H7NO6S. The van der Waals surface area contributed by atoms with Crippen LogP contribution in [0.15, 0.2) is 17.0 Å². The molecular weight excluding hydrogens is 226 g/mol. The standard InChI is InChI=1S/C7H7NO6S/c1-4-2-3-5(15(12,13)14)7(9)6(4)8(10)11/h2-3,9H,1H3,(H,12,13,14). The first kappa shape index (κ1) is 11.4. The number of hydrogen-bond donors (Lipinski definition) is 2. The van der Waals surface area contributed by atoms with Crippen LogP contribution in [0.2, 0.25) is 0 Å². The number of rotatable bonds is 2. The Bertz CT molecular complexity index is 521.